The first-order chi connectivity index (χ1) is 15.8. The van der Waals surface area contributed by atoms with Crippen molar-refractivity contribution in [2.24, 2.45) is 0 Å². The molecule has 4 aromatic rings. The first-order valence-electron chi connectivity index (χ1n) is 9.83. The molecule has 0 bridgehead atoms. The van der Waals surface area contributed by atoms with Crippen LogP contribution in [0.1, 0.15) is 28.6 Å². The first-order valence-corrected chi connectivity index (χ1v) is 9.83. The molecule has 0 aliphatic carbocycles. The first kappa shape index (κ1) is 21.0. The van der Waals surface area contributed by atoms with Gasteiger partial charge in [0.25, 0.3) is 0 Å². The zero-order valence-electron chi connectivity index (χ0n) is 17.1. The van der Waals surface area contributed by atoms with Crippen LogP contribution in [0.3, 0.4) is 0 Å². The Kier molecular flexibility index (Phi) is 4.83. The average Bonchev–Trinajstić information content (AvgIpc) is 3.42. The van der Waals surface area contributed by atoms with Crippen molar-refractivity contribution in [2.45, 2.75) is 18.8 Å². The second-order valence-electron chi connectivity index (χ2n) is 7.40. The lowest BCUT2D eigenvalue weighted by Gasteiger charge is -2.24. The standard InChI is InChI=1S/C22H15F4N5O2/c1-32-18-11(10-27)2-5-16-14(18)9-17(28-16)20-29-21-19(33-7-6-31(21)30-20)13-8-12(22(24,25)26)3-4-15(13)23/h2-5,8-9,19,28H,6-7H2,1H3. The Hall–Kier alpha value is -3.91. The second kappa shape index (κ2) is 7.60. The summed E-state index contributed by atoms with van der Waals surface area (Å²) in [5, 5.41) is 14.4. The number of benzene rings is 2. The van der Waals surface area contributed by atoms with Crippen LogP contribution in [-0.2, 0) is 17.5 Å². The fourth-order valence-electron chi connectivity index (χ4n) is 3.91. The van der Waals surface area contributed by atoms with E-state index < -0.39 is 23.7 Å². The number of nitrogens with one attached hydrogen (secondary N) is 1. The summed E-state index contributed by atoms with van der Waals surface area (Å²) in [6.07, 6.45) is -5.77. The van der Waals surface area contributed by atoms with Gasteiger partial charge in [-0.3, -0.25) is 0 Å². The molecule has 1 atom stereocenters. The van der Waals surface area contributed by atoms with Crippen LogP contribution in [0.2, 0.25) is 0 Å². The number of hydrogen-bond acceptors (Lipinski definition) is 5. The Morgan fingerprint density at radius 1 is 1.24 bits per heavy atom. The number of methoxy groups -OCH3 is 1. The quantitative estimate of drug-likeness (QED) is 0.455. The predicted molar refractivity (Wildman–Crippen MR) is 108 cm³/mol. The maximum Gasteiger partial charge on any atom is 0.416 e. The van der Waals surface area contributed by atoms with Gasteiger partial charge in [0.1, 0.15) is 23.7 Å². The lowest BCUT2D eigenvalue weighted by atomic mass is 10.0. The van der Waals surface area contributed by atoms with Gasteiger partial charge in [-0.1, -0.05) is 0 Å². The Bertz CT molecular complexity index is 1420. The number of fused-ring (bicyclic) bond motifs is 2. The van der Waals surface area contributed by atoms with E-state index in [1.165, 1.54) is 11.8 Å². The van der Waals surface area contributed by atoms with Crippen molar-refractivity contribution in [1.29, 1.82) is 5.26 Å². The molecule has 0 saturated heterocycles. The number of alkyl halides is 3. The monoisotopic (exact) mass is 457 g/mol. The molecule has 1 unspecified atom stereocenters. The van der Waals surface area contributed by atoms with Crippen LogP contribution in [0.4, 0.5) is 17.6 Å². The number of aromatic amines is 1. The van der Waals surface area contributed by atoms with Crippen molar-refractivity contribution in [3.63, 3.8) is 0 Å². The number of halogens is 4. The number of aromatic nitrogens is 4. The molecule has 3 heterocycles. The number of hydrogen-bond donors (Lipinski definition) is 1. The maximum atomic E-state index is 14.5. The molecule has 33 heavy (non-hydrogen) atoms. The topological polar surface area (TPSA) is 88.8 Å². The molecule has 0 radical (unpaired) electrons. The van der Waals surface area contributed by atoms with Crippen molar-refractivity contribution in [1.82, 2.24) is 19.7 Å². The van der Waals surface area contributed by atoms with E-state index in [0.717, 1.165) is 12.1 Å². The Morgan fingerprint density at radius 3 is 2.79 bits per heavy atom. The third-order valence-corrected chi connectivity index (χ3v) is 5.45. The third-order valence-electron chi connectivity index (χ3n) is 5.45. The minimum Gasteiger partial charge on any atom is -0.495 e. The SMILES string of the molecule is COc1c(C#N)ccc2[nH]c(-c3nc4n(n3)CCOC4c3cc(C(F)(F)F)ccc3F)cc12. The summed E-state index contributed by atoms with van der Waals surface area (Å²) < 4.78 is 66.5. The summed E-state index contributed by atoms with van der Waals surface area (Å²) in [5.41, 5.74) is 0.312. The number of ether oxygens (including phenoxy) is 2. The van der Waals surface area contributed by atoms with E-state index >= 15 is 0 Å². The van der Waals surface area contributed by atoms with Crippen molar-refractivity contribution < 1.29 is 27.0 Å². The van der Waals surface area contributed by atoms with E-state index in [0.29, 0.717) is 40.5 Å². The van der Waals surface area contributed by atoms with Crippen molar-refractivity contribution in [2.75, 3.05) is 13.7 Å². The van der Waals surface area contributed by atoms with Gasteiger partial charge < -0.3 is 14.5 Å². The van der Waals surface area contributed by atoms with E-state index in [9.17, 15) is 22.8 Å². The fraction of sp³-hybridized carbons (Fsp3) is 0.227. The van der Waals surface area contributed by atoms with E-state index in [2.05, 4.69) is 21.1 Å². The van der Waals surface area contributed by atoms with Crippen LogP contribution in [-0.4, -0.2) is 33.5 Å². The van der Waals surface area contributed by atoms with Gasteiger partial charge >= 0.3 is 6.18 Å². The number of rotatable bonds is 3. The molecule has 11 heteroatoms. The number of nitrogens with zero attached hydrogens (tertiary/aromatic N) is 4. The Balaban J connectivity index is 1.59. The molecule has 1 N–H and O–H groups in total. The molecule has 2 aromatic heterocycles. The molecule has 0 amide bonds. The highest BCUT2D eigenvalue weighted by Gasteiger charge is 2.35. The van der Waals surface area contributed by atoms with Crippen molar-refractivity contribution >= 4 is 10.9 Å². The number of nitriles is 1. The van der Waals surface area contributed by atoms with Crippen LogP contribution < -0.4 is 4.74 Å². The van der Waals surface area contributed by atoms with Crippen LogP contribution >= 0.6 is 0 Å². The van der Waals surface area contributed by atoms with E-state index in [-0.39, 0.29) is 23.8 Å². The Morgan fingerprint density at radius 2 is 2.06 bits per heavy atom. The predicted octanol–water partition coefficient (Wildman–Crippen LogP) is 4.58. The lowest BCUT2D eigenvalue weighted by Crippen LogP contribution is -2.24. The normalized spacial score (nSPS) is 15.9. The largest absolute Gasteiger partial charge is 0.495 e. The molecular weight excluding hydrogens is 442 g/mol. The third kappa shape index (κ3) is 3.48. The van der Waals surface area contributed by atoms with E-state index in [1.54, 1.807) is 18.2 Å². The Labute approximate surface area is 184 Å². The van der Waals surface area contributed by atoms with Gasteiger partial charge in [-0.25, -0.2) is 14.1 Å². The van der Waals surface area contributed by atoms with Crippen LogP contribution in [0.25, 0.3) is 22.4 Å². The van der Waals surface area contributed by atoms with Crippen molar-refractivity contribution in [3.05, 3.63) is 64.7 Å². The molecule has 168 valence electrons. The number of H-pyrrole nitrogens is 1. The average molecular weight is 457 g/mol. The minimum atomic E-state index is -4.62. The smallest absolute Gasteiger partial charge is 0.416 e. The van der Waals surface area contributed by atoms with Gasteiger partial charge in [0.05, 0.1) is 37.1 Å². The fourth-order valence-corrected chi connectivity index (χ4v) is 3.91. The van der Waals surface area contributed by atoms with E-state index in [1.807, 2.05) is 0 Å². The molecule has 0 spiro atoms. The van der Waals surface area contributed by atoms with E-state index in [4.69, 9.17) is 9.47 Å². The van der Waals surface area contributed by atoms with Gasteiger partial charge in [-0.2, -0.15) is 18.4 Å². The summed E-state index contributed by atoms with van der Waals surface area (Å²) in [7, 11) is 1.46. The van der Waals surface area contributed by atoms with Gasteiger partial charge in [-0.05, 0) is 36.4 Å². The molecule has 0 fully saturated rings. The molecule has 2 aromatic carbocycles. The van der Waals surface area contributed by atoms with Crippen molar-refractivity contribution in [3.8, 4) is 23.3 Å². The highest BCUT2D eigenvalue weighted by molar-refractivity contribution is 5.92. The zero-order chi connectivity index (χ0) is 23.3. The molecule has 1 aliphatic heterocycles. The van der Waals surface area contributed by atoms with Crippen LogP contribution in [0, 0.1) is 17.1 Å². The molecule has 7 nitrogen and oxygen atoms in total. The highest BCUT2D eigenvalue weighted by atomic mass is 19.4. The summed E-state index contributed by atoms with van der Waals surface area (Å²) in [6, 6.07) is 9.32. The van der Waals surface area contributed by atoms with Crippen LogP contribution in [0.5, 0.6) is 5.75 Å². The summed E-state index contributed by atoms with van der Waals surface area (Å²) in [4.78, 5) is 7.60. The zero-order valence-corrected chi connectivity index (χ0v) is 17.1. The minimum absolute atomic E-state index is 0.127. The van der Waals surface area contributed by atoms with Gasteiger partial charge in [-0.15, -0.1) is 5.10 Å². The lowest BCUT2D eigenvalue weighted by molar-refractivity contribution is -0.137. The molecule has 0 saturated carbocycles. The summed E-state index contributed by atoms with van der Waals surface area (Å²) in [5.74, 6) is 0.0153. The highest BCUT2D eigenvalue weighted by Crippen LogP contribution is 2.37. The van der Waals surface area contributed by atoms with Gasteiger partial charge in [0.2, 0.25) is 0 Å². The second-order valence-corrected chi connectivity index (χ2v) is 7.40. The molecule has 1 aliphatic rings. The maximum absolute atomic E-state index is 14.5. The van der Waals surface area contributed by atoms with Gasteiger partial charge in [0, 0.05) is 16.5 Å². The summed E-state index contributed by atoms with van der Waals surface area (Å²) >= 11 is 0. The molecular formula is C22H15F4N5O2. The molecule has 5 rings (SSSR count). The van der Waals surface area contributed by atoms with Gasteiger partial charge in [0.15, 0.2) is 11.6 Å². The summed E-state index contributed by atoms with van der Waals surface area (Å²) in [6.45, 7) is 0.434. The van der Waals surface area contributed by atoms with Crippen LogP contribution in [0.15, 0.2) is 36.4 Å².